The number of carbonyl (C=O) groups is 3. The molecule has 0 spiro atoms. The Labute approximate surface area is 196 Å². The second-order valence-corrected chi connectivity index (χ2v) is 9.99. The summed E-state index contributed by atoms with van der Waals surface area (Å²) in [7, 11) is 1.66. The quantitative estimate of drug-likeness (QED) is 0.509. The zero-order valence-electron chi connectivity index (χ0n) is 20.0. The van der Waals surface area contributed by atoms with Crippen molar-refractivity contribution in [1.29, 1.82) is 0 Å². The molecule has 2 heterocycles. The van der Waals surface area contributed by atoms with Crippen molar-refractivity contribution in [2.75, 3.05) is 13.6 Å². The number of allylic oxidation sites excluding steroid dienone is 1. The number of nitrogens with one attached hydrogen (secondary N) is 2. The fourth-order valence-corrected chi connectivity index (χ4v) is 5.16. The van der Waals surface area contributed by atoms with Crippen LogP contribution in [0.1, 0.15) is 98.5 Å². The molecule has 1 fully saturated rings. The molecule has 1 aliphatic heterocycles. The standard InChI is InChI=1S/C25H37N5O3/c1-25(24(33)27-19-12-8-3-4-9-13-19)17-30-21(23(32)29(25)2)16-20(28-30)22(31)26-15-14-18-10-6-5-7-11-18/h10,16,19H,3-9,11-15,17H2,1-2H3,(H,26,31)(H,27,33)/t25-/m1/s1. The van der Waals surface area contributed by atoms with E-state index >= 15 is 0 Å². The third-order valence-electron chi connectivity index (χ3n) is 7.53. The van der Waals surface area contributed by atoms with Crippen LogP contribution < -0.4 is 10.6 Å². The van der Waals surface area contributed by atoms with Gasteiger partial charge in [0, 0.05) is 25.7 Å². The topological polar surface area (TPSA) is 96.3 Å². The van der Waals surface area contributed by atoms with Crippen LogP contribution in [0.2, 0.25) is 0 Å². The molecular weight excluding hydrogens is 418 g/mol. The van der Waals surface area contributed by atoms with E-state index in [2.05, 4.69) is 21.8 Å². The van der Waals surface area contributed by atoms with Crippen molar-refractivity contribution in [2.45, 2.75) is 95.7 Å². The molecule has 2 N–H and O–H groups in total. The van der Waals surface area contributed by atoms with Gasteiger partial charge in [-0.1, -0.05) is 37.3 Å². The first kappa shape index (κ1) is 23.5. The van der Waals surface area contributed by atoms with Crippen LogP contribution in [0.25, 0.3) is 0 Å². The number of rotatable bonds is 6. The lowest BCUT2D eigenvalue weighted by atomic mass is 9.95. The molecular formula is C25H37N5O3. The highest BCUT2D eigenvalue weighted by Gasteiger charge is 2.46. The second kappa shape index (κ2) is 10.1. The van der Waals surface area contributed by atoms with Crippen molar-refractivity contribution >= 4 is 17.7 Å². The van der Waals surface area contributed by atoms with Crippen LogP contribution in [0.5, 0.6) is 0 Å². The normalized spacial score (nSPS) is 24.0. The summed E-state index contributed by atoms with van der Waals surface area (Å²) >= 11 is 0. The summed E-state index contributed by atoms with van der Waals surface area (Å²) in [5.41, 5.74) is 0.914. The predicted molar refractivity (Wildman–Crippen MR) is 126 cm³/mol. The number of hydrogen-bond donors (Lipinski definition) is 2. The summed E-state index contributed by atoms with van der Waals surface area (Å²) < 4.78 is 1.52. The van der Waals surface area contributed by atoms with Crippen LogP contribution in [0, 0.1) is 0 Å². The van der Waals surface area contributed by atoms with Gasteiger partial charge in [0.15, 0.2) is 5.69 Å². The minimum absolute atomic E-state index is 0.153. The molecule has 2 aliphatic carbocycles. The van der Waals surface area contributed by atoms with Gasteiger partial charge in [-0.05, 0) is 51.9 Å². The highest BCUT2D eigenvalue weighted by molar-refractivity contribution is 6.01. The summed E-state index contributed by atoms with van der Waals surface area (Å²) in [6, 6.07) is 1.69. The zero-order valence-corrected chi connectivity index (χ0v) is 20.0. The number of likely N-dealkylation sites (N-methyl/N-ethyl adjacent to an activating group) is 1. The van der Waals surface area contributed by atoms with Crippen molar-refractivity contribution in [2.24, 2.45) is 0 Å². The van der Waals surface area contributed by atoms with Crippen molar-refractivity contribution < 1.29 is 14.4 Å². The Morgan fingerprint density at radius 1 is 1.15 bits per heavy atom. The smallest absolute Gasteiger partial charge is 0.272 e. The molecule has 3 aliphatic rings. The van der Waals surface area contributed by atoms with E-state index in [4.69, 9.17) is 0 Å². The third-order valence-corrected chi connectivity index (χ3v) is 7.53. The highest BCUT2D eigenvalue weighted by atomic mass is 16.2. The Morgan fingerprint density at radius 3 is 2.61 bits per heavy atom. The highest BCUT2D eigenvalue weighted by Crippen LogP contribution is 2.27. The van der Waals surface area contributed by atoms with Gasteiger partial charge in [0.05, 0.1) is 6.54 Å². The van der Waals surface area contributed by atoms with Gasteiger partial charge in [0.2, 0.25) is 5.91 Å². The molecule has 4 rings (SSSR count). The SMILES string of the molecule is CN1C(=O)c2cc(C(=O)NCCC3=CCCCC3)nn2C[C@]1(C)C(=O)NC1CCCCCC1. The molecule has 8 nitrogen and oxygen atoms in total. The van der Waals surface area contributed by atoms with Crippen molar-refractivity contribution in [3.63, 3.8) is 0 Å². The van der Waals surface area contributed by atoms with Crippen LogP contribution in [0.3, 0.4) is 0 Å². The Kier molecular flexibility index (Phi) is 7.20. The van der Waals surface area contributed by atoms with Gasteiger partial charge in [-0.2, -0.15) is 5.10 Å². The van der Waals surface area contributed by atoms with Gasteiger partial charge in [0.25, 0.3) is 11.8 Å². The Hall–Kier alpha value is -2.64. The largest absolute Gasteiger partial charge is 0.351 e. The van der Waals surface area contributed by atoms with Gasteiger partial charge in [-0.25, -0.2) is 0 Å². The molecule has 1 aromatic heterocycles. The van der Waals surface area contributed by atoms with E-state index in [1.54, 1.807) is 14.0 Å². The fourth-order valence-electron chi connectivity index (χ4n) is 5.16. The Bertz CT molecular complexity index is 928. The Balaban J connectivity index is 1.41. The number of hydrogen-bond acceptors (Lipinski definition) is 4. The van der Waals surface area contributed by atoms with E-state index in [9.17, 15) is 14.4 Å². The van der Waals surface area contributed by atoms with Crippen LogP contribution in [-0.2, 0) is 11.3 Å². The second-order valence-electron chi connectivity index (χ2n) is 9.99. The summed E-state index contributed by atoms with van der Waals surface area (Å²) in [5.74, 6) is -0.731. The molecule has 0 aromatic carbocycles. The molecule has 33 heavy (non-hydrogen) atoms. The molecule has 8 heteroatoms. The minimum Gasteiger partial charge on any atom is -0.351 e. The monoisotopic (exact) mass is 455 g/mol. The van der Waals surface area contributed by atoms with E-state index in [1.165, 1.54) is 46.9 Å². The van der Waals surface area contributed by atoms with Crippen LogP contribution in [-0.4, -0.2) is 57.6 Å². The van der Waals surface area contributed by atoms with Crippen molar-refractivity contribution in [1.82, 2.24) is 25.3 Å². The first-order valence-electron chi connectivity index (χ1n) is 12.5. The average molecular weight is 456 g/mol. The van der Waals surface area contributed by atoms with E-state index in [1.807, 2.05) is 0 Å². The number of amides is 3. The van der Waals surface area contributed by atoms with Gasteiger partial charge in [0.1, 0.15) is 11.2 Å². The van der Waals surface area contributed by atoms with Gasteiger partial charge in [-0.3, -0.25) is 19.1 Å². The lowest BCUT2D eigenvalue weighted by Gasteiger charge is -2.41. The first-order chi connectivity index (χ1) is 15.9. The summed E-state index contributed by atoms with van der Waals surface area (Å²) in [5, 5.41) is 10.5. The third kappa shape index (κ3) is 5.14. The number of fused-ring (bicyclic) bond motifs is 1. The molecule has 180 valence electrons. The van der Waals surface area contributed by atoms with E-state index < -0.39 is 5.54 Å². The lowest BCUT2D eigenvalue weighted by molar-refractivity contribution is -0.133. The maximum Gasteiger partial charge on any atom is 0.272 e. The molecule has 0 unspecified atom stereocenters. The van der Waals surface area contributed by atoms with Gasteiger partial charge < -0.3 is 15.5 Å². The van der Waals surface area contributed by atoms with Crippen molar-refractivity contribution in [3.8, 4) is 0 Å². The summed E-state index contributed by atoms with van der Waals surface area (Å²) in [6.45, 7) is 2.56. The Morgan fingerprint density at radius 2 is 1.91 bits per heavy atom. The van der Waals surface area contributed by atoms with Crippen molar-refractivity contribution in [3.05, 3.63) is 29.1 Å². The maximum atomic E-state index is 13.3. The predicted octanol–water partition coefficient (Wildman–Crippen LogP) is 3.19. The van der Waals surface area contributed by atoms with Crippen LogP contribution in [0.15, 0.2) is 17.7 Å². The molecule has 3 amide bonds. The van der Waals surface area contributed by atoms with Crippen LogP contribution in [0.4, 0.5) is 0 Å². The molecule has 1 saturated carbocycles. The maximum absolute atomic E-state index is 13.3. The first-order valence-corrected chi connectivity index (χ1v) is 12.5. The van der Waals surface area contributed by atoms with E-state index in [0.717, 1.165) is 44.9 Å². The minimum atomic E-state index is -1.05. The zero-order chi connectivity index (χ0) is 23.4. The molecule has 1 atom stereocenters. The summed E-state index contributed by atoms with van der Waals surface area (Å²) in [6.07, 6.45) is 14.4. The molecule has 0 saturated heterocycles. The van der Waals surface area contributed by atoms with Crippen LogP contribution >= 0.6 is 0 Å². The lowest BCUT2D eigenvalue weighted by Crippen LogP contribution is -2.63. The van der Waals surface area contributed by atoms with Gasteiger partial charge in [-0.15, -0.1) is 0 Å². The molecule has 0 bridgehead atoms. The summed E-state index contributed by atoms with van der Waals surface area (Å²) in [4.78, 5) is 40.5. The molecule has 1 aromatic rings. The van der Waals surface area contributed by atoms with Gasteiger partial charge >= 0.3 is 0 Å². The number of carbonyl (C=O) groups excluding carboxylic acids is 3. The number of nitrogens with zero attached hydrogens (tertiary/aromatic N) is 3. The number of aromatic nitrogens is 2. The fraction of sp³-hybridized carbons (Fsp3) is 0.680. The average Bonchev–Trinajstić information content (AvgIpc) is 3.06. The molecule has 0 radical (unpaired) electrons. The van der Waals surface area contributed by atoms with E-state index in [0.29, 0.717) is 12.2 Å². The van der Waals surface area contributed by atoms with E-state index in [-0.39, 0.29) is 36.0 Å².